The molecular formula is C22H19ClFN3O4S. The summed E-state index contributed by atoms with van der Waals surface area (Å²) < 4.78 is 20.4. The molecule has 4 rings (SSSR count). The van der Waals surface area contributed by atoms with Crippen LogP contribution in [0.15, 0.2) is 48.5 Å². The molecule has 0 saturated heterocycles. The van der Waals surface area contributed by atoms with Crippen molar-refractivity contribution in [2.75, 3.05) is 29.3 Å². The van der Waals surface area contributed by atoms with Crippen LogP contribution in [-0.4, -0.2) is 30.8 Å². The van der Waals surface area contributed by atoms with Gasteiger partial charge < -0.3 is 20.5 Å². The second kappa shape index (κ2) is 9.05. The molecule has 1 unspecified atom stereocenters. The molecule has 2 heterocycles. The van der Waals surface area contributed by atoms with E-state index < -0.39 is 17.8 Å². The molecule has 10 heteroatoms. The number of thiophene rings is 1. The number of hydrogen-bond donors (Lipinski definition) is 3. The Balaban J connectivity index is 1.52. The Kier molecular flexibility index (Phi) is 6.20. The Bertz CT molecular complexity index is 1170. The lowest BCUT2D eigenvalue weighted by Gasteiger charge is -2.29. The Labute approximate surface area is 192 Å². The monoisotopic (exact) mass is 475 g/mol. The molecule has 1 amide bonds. The van der Waals surface area contributed by atoms with Gasteiger partial charge in [0.2, 0.25) is 0 Å². The maximum atomic E-state index is 14.1. The van der Waals surface area contributed by atoms with Gasteiger partial charge in [0, 0.05) is 29.4 Å². The van der Waals surface area contributed by atoms with Crippen molar-refractivity contribution < 1.29 is 23.8 Å². The van der Waals surface area contributed by atoms with Crippen LogP contribution in [-0.2, 0) is 4.79 Å². The van der Waals surface area contributed by atoms with Crippen LogP contribution in [0.25, 0.3) is 0 Å². The number of hydrogen-bond acceptors (Lipinski definition) is 6. The van der Waals surface area contributed by atoms with E-state index in [1.54, 1.807) is 43.4 Å². The lowest BCUT2D eigenvalue weighted by molar-refractivity contribution is -0.137. The van der Waals surface area contributed by atoms with Crippen LogP contribution in [0.4, 0.5) is 21.5 Å². The number of carboxylic acid groups (broad SMARTS) is 1. The molecule has 0 fully saturated rings. The number of benzene rings is 2. The summed E-state index contributed by atoms with van der Waals surface area (Å²) in [6.45, 7) is -0.0112. The number of nitrogens with zero attached hydrogens (tertiary/aromatic N) is 1. The third-order valence-corrected chi connectivity index (χ3v) is 6.34. The van der Waals surface area contributed by atoms with E-state index in [1.807, 2.05) is 0 Å². The molecule has 7 nitrogen and oxygen atoms in total. The number of halogens is 2. The van der Waals surface area contributed by atoms with Gasteiger partial charge in [-0.1, -0.05) is 11.6 Å². The third kappa shape index (κ3) is 4.49. The van der Waals surface area contributed by atoms with Crippen LogP contribution in [0.3, 0.4) is 0 Å². The van der Waals surface area contributed by atoms with E-state index in [2.05, 4.69) is 10.6 Å². The third-order valence-electron chi connectivity index (χ3n) is 5.00. The van der Waals surface area contributed by atoms with E-state index >= 15 is 0 Å². The highest BCUT2D eigenvalue weighted by atomic mass is 35.5. The number of aliphatic carboxylic acids is 1. The highest BCUT2D eigenvalue weighted by molar-refractivity contribution is 7.16. The zero-order valence-corrected chi connectivity index (χ0v) is 18.5. The molecule has 0 saturated carbocycles. The summed E-state index contributed by atoms with van der Waals surface area (Å²) in [5.74, 6) is -1.53. The molecule has 0 radical (unpaired) electrons. The first-order chi connectivity index (χ1) is 15.4. The largest absolute Gasteiger partial charge is 0.481 e. The lowest BCUT2D eigenvalue weighted by atomic mass is 10.1. The maximum absolute atomic E-state index is 14.1. The number of fused-ring (bicyclic) bond motifs is 1. The van der Waals surface area contributed by atoms with Gasteiger partial charge in [-0.3, -0.25) is 14.5 Å². The van der Waals surface area contributed by atoms with Crippen molar-refractivity contribution in [3.8, 4) is 5.75 Å². The molecule has 2 aromatic carbocycles. The van der Waals surface area contributed by atoms with Gasteiger partial charge in [-0.2, -0.15) is 0 Å². The number of ether oxygens (including phenoxy) is 1. The minimum Gasteiger partial charge on any atom is -0.481 e. The summed E-state index contributed by atoms with van der Waals surface area (Å²) in [5, 5.41) is 15.2. The van der Waals surface area contributed by atoms with E-state index in [9.17, 15) is 19.1 Å². The first-order valence-electron chi connectivity index (χ1n) is 9.65. The van der Waals surface area contributed by atoms with Gasteiger partial charge in [0.15, 0.2) is 6.73 Å². The zero-order chi connectivity index (χ0) is 22.8. The van der Waals surface area contributed by atoms with E-state index in [0.717, 1.165) is 10.9 Å². The topological polar surface area (TPSA) is 90.9 Å². The van der Waals surface area contributed by atoms with Gasteiger partial charge in [-0.25, -0.2) is 4.39 Å². The molecule has 1 aromatic heterocycles. The standard InChI is InChI=1S/C22H19ClFN3O4S/c1-25-16-9-18-14(8-15(16)24)22(30)27(11-31-18)13-4-2-12(3-5-13)26-17(10-21(28)29)19-6-7-20(23)32-19/h2-9,17,25-26H,10-11H2,1H3,(H,28,29). The van der Waals surface area contributed by atoms with Crippen molar-refractivity contribution in [2.24, 2.45) is 0 Å². The Morgan fingerprint density at radius 2 is 2.03 bits per heavy atom. The van der Waals surface area contributed by atoms with Crippen molar-refractivity contribution >= 4 is 51.9 Å². The Hall–Kier alpha value is -3.30. The number of anilines is 3. The number of carbonyl (C=O) groups is 2. The van der Waals surface area contributed by atoms with Crippen LogP contribution in [0, 0.1) is 5.82 Å². The SMILES string of the molecule is CNc1cc2c(cc1F)C(=O)N(c1ccc(NC(CC(=O)O)c3ccc(Cl)s3)cc1)CO2. The fourth-order valence-electron chi connectivity index (χ4n) is 3.41. The van der Waals surface area contributed by atoms with Crippen LogP contribution < -0.4 is 20.3 Å². The average molecular weight is 476 g/mol. The second-order valence-electron chi connectivity index (χ2n) is 7.07. The molecule has 1 aliphatic heterocycles. The first kappa shape index (κ1) is 21.9. The fourth-order valence-corrected chi connectivity index (χ4v) is 4.53. The summed E-state index contributed by atoms with van der Waals surface area (Å²) in [7, 11) is 1.59. The number of nitrogens with one attached hydrogen (secondary N) is 2. The van der Waals surface area contributed by atoms with Gasteiger partial charge in [-0.15, -0.1) is 11.3 Å². The summed E-state index contributed by atoms with van der Waals surface area (Å²) >= 11 is 7.31. The van der Waals surface area contributed by atoms with Gasteiger partial charge in [0.25, 0.3) is 5.91 Å². The smallest absolute Gasteiger partial charge is 0.305 e. The molecule has 1 aliphatic rings. The minimum absolute atomic E-state index is 0.0112. The van der Waals surface area contributed by atoms with Crippen LogP contribution >= 0.6 is 22.9 Å². The van der Waals surface area contributed by atoms with Gasteiger partial charge in [-0.05, 0) is 42.5 Å². The van der Waals surface area contributed by atoms with Crippen molar-refractivity contribution in [1.82, 2.24) is 0 Å². The molecule has 166 valence electrons. The van der Waals surface area contributed by atoms with Gasteiger partial charge in [0.05, 0.1) is 28.0 Å². The number of amides is 1. The highest BCUT2D eigenvalue weighted by Crippen LogP contribution is 2.34. The van der Waals surface area contributed by atoms with Crippen molar-refractivity contribution in [3.05, 3.63) is 69.1 Å². The lowest BCUT2D eigenvalue weighted by Crippen LogP contribution is -2.38. The minimum atomic E-state index is -0.938. The second-order valence-corrected chi connectivity index (χ2v) is 8.82. The maximum Gasteiger partial charge on any atom is 0.305 e. The van der Waals surface area contributed by atoms with Crippen molar-refractivity contribution in [3.63, 3.8) is 0 Å². The van der Waals surface area contributed by atoms with E-state index in [-0.39, 0.29) is 30.3 Å². The summed E-state index contributed by atoms with van der Waals surface area (Å²) in [6.07, 6.45) is -0.117. The number of carbonyl (C=O) groups excluding carboxylic acids is 1. The normalized spacial score (nSPS) is 13.8. The van der Waals surface area contributed by atoms with E-state index in [0.29, 0.717) is 21.5 Å². The molecular weight excluding hydrogens is 457 g/mol. The zero-order valence-electron chi connectivity index (χ0n) is 16.9. The molecule has 3 N–H and O–H groups in total. The predicted octanol–water partition coefficient (Wildman–Crippen LogP) is 5.21. The number of rotatable bonds is 7. The van der Waals surface area contributed by atoms with Crippen LogP contribution in [0.2, 0.25) is 4.34 Å². The average Bonchev–Trinajstić information content (AvgIpc) is 3.20. The first-order valence-corrected chi connectivity index (χ1v) is 10.8. The van der Waals surface area contributed by atoms with E-state index in [4.69, 9.17) is 16.3 Å². The molecule has 0 bridgehead atoms. The Morgan fingerprint density at radius 1 is 1.28 bits per heavy atom. The molecule has 0 aliphatic carbocycles. The van der Waals surface area contributed by atoms with Crippen LogP contribution in [0.1, 0.15) is 27.7 Å². The van der Waals surface area contributed by atoms with Crippen molar-refractivity contribution in [2.45, 2.75) is 12.5 Å². The Morgan fingerprint density at radius 3 is 2.66 bits per heavy atom. The summed E-state index contributed by atoms with van der Waals surface area (Å²) in [4.78, 5) is 26.4. The summed E-state index contributed by atoms with van der Waals surface area (Å²) in [5.41, 5.74) is 1.65. The van der Waals surface area contributed by atoms with E-state index in [1.165, 1.54) is 22.3 Å². The molecule has 3 aromatic rings. The van der Waals surface area contributed by atoms with Crippen molar-refractivity contribution in [1.29, 1.82) is 0 Å². The predicted molar refractivity (Wildman–Crippen MR) is 123 cm³/mol. The van der Waals surface area contributed by atoms with Gasteiger partial charge >= 0.3 is 5.97 Å². The quantitative estimate of drug-likeness (QED) is 0.434. The summed E-state index contributed by atoms with van der Waals surface area (Å²) in [6, 6.07) is 12.6. The molecule has 0 spiro atoms. The van der Waals surface area contributed by atoms with Gasteiger partial charge in [0.1, 0.15) is 11.6 Å². The molecule has 32 heavy (non-hydrogen) atoms. The number of carboxylic acids is 1. The molecule has 1 atom stereocenters. The highest BCUT2D eigenvalue weighted by Gasteiger charge is 2.28. The van der Waals surface area contributed by atoms with Crippen LogP contribution in [0.5, 0.6) is 5.75 Å². The fraction of sp³-hybridized carbons (Fsp3) is 0.182.